The molecule has 0 atom stereocenters. The van der Waals surface area contributed by atoms with Crippen molar-refractivity contribution in [1.82, 2.24) is 15.2 Å². The van der Waals surface area contributed by atoms with Crippen LogP contribution in [0.2, 0.25) is 0 Å². The average Bonchev–Trinajstić information content (AvgIpc) is 3.03. The molecule has 1 aromatic carbocycles. The molecule has 0 fully saturated rings. The van der Waals surface area contributed by atoms with Gasteiger partial charge in [0.05, 0.1) is 0 Å². The van der Waals surface area contributed by atoms with Crippen molar-refractivity contribution in [2.75, 3.05) is 0 Å². The molecule has 0 aliphatic carbocycles. The van der Waals surface area contributed by atoms with E-state index in [0.29, 0.717) is 27.3 Å². The molecule has 2 heterocycles. The SMILES string of the molecule is C=[N+]([O-])c1ccc(CSc2nnc(-c3ccncc3)o2)cc1. The standard InChI is InChI=1S/C15H12N4O2S/c1-19(20)13-4-2-11(3-5-13)10-22-15-18-17-14(21-15)12-6-8-16-9-7-12/h2-9H,1,10H2. The summed E-state index contributed by atoms with van der Waals surface area (Å²) in [5.41, 5.74) is 2.41. The first-order chi connectivity index (χ1) is 10.7. The predicted octanol–water partition coefficient (Wildman–Crippen LogP) is 3.27. The van der Waals surface area contributed by atoms with Gasteiger partial charge >= 0.3 is 0 Å². The zero-order chi connectivity index (χ0) is 15.4. The lowest BCUT2D eigenvalue weighted by atomic mass is 10.2. The van der Waals surface area contributed by atoms with Crippen LogP contribution in [-0.4, -0.2) is 26.6 Å². The van der Waals surface area contributed by atoms with Gasteiger partial charge in [-0.15, -0.1) is 10.2 Å². The van der Waals surface area contributed by atoms with E-state index in [0.717, 1.165) is 11.1 Å². The van der Waals surface area contributed by atoms with Gasteiger partial charge in [0.25, 0.3) is 5.22 Å². The van der Waals surface area contributed by atoms with Gasteiger partial charge in [-0.05, 0) is 17.7 Å². The minimum Gasteiger partial charge on any atom is -0.619 e. The maximum atomic E-state index is 11.0. The lowest BCUT2D eigenvalue weighted by Gasteiger charge is -2.01. The van der Waals surface area contributed by atoms with Crippen LogP contribution in [0.25, 0.3) is 11.5 Å². The van der Waals surface area contributed by atoms with Gasteiger partial charge in [0.1, 0.15) is 6.72 Å². The summed E-state index contributed by atoms with van der Waals surface area (Å²) in [6.07, 6.45) is 3.35. The highest BCUT2D eigenvalue weighted by Gasteiger charge is 2.09. The Labute approximate surface area is 131 Å². The van der Waals surface area contributed by atoms with Gasteiger partial charge in [0.15, 0.2) is 0 Å². The second-order valence-corrected chi connectivity index (χ2v) is 5.37. The molecule has 0 aliphatic rings. The lowest BCUT2D eigenvalue weighted by molar-refractivity contribution is -0.349. The first kappa shape index (κ1) is 14.3. The topological polar surface area (TPSA) is 77.9 Å². The quantitative estimate of drug-likeness (QED) is 0.236. The van der Waals surface area contributed by atoms with Gasteiger partial charge in [-0.25, -0.2) is 0 Å². The summed E-state index contributed by atoms with van der Waals surface area (Å²) in [4.78, 5) is 3.95. The highest BCUT2D eigenvalue weighted by molar-refractivity contribution is 7.98. The molecule has 7 heteroatoms. The van der Waals surface area contributed by atoms with Crippen LogP contribution in [0.4, 0.5) is 5.69 Å². The molecule has 110 valence electrons. The number of pyridine rings is 1. The zero-order valence-corrected chi connectivity index (χ0v) is 12.4. The maximum absolute atomic E-state index is 11.0. The molecule has 0 aliphatic heterocycles. The normalized spacial score (nSPS) is 10.5. The van der Waals surface area contributed by atoms with Gasteiger partial charge in [0, 0.05) is 35.8 Å². The van der Waals surface area contributed by atoms with Crippen LogP contribution in [0.5, 0.6) is 0 Å². The number of hydrogen-bond donors (Lipinski definition) is 0. The zero-order valence-electron chi connectivity index (χ0n) is 11.5. The van der Waals surface area contributed by atoms with E-state index in [4.69, 9.17) is 4.42 Å². The largest absolute Gasteiger partial charge is 0.619 e. The molecule has 0 unspecified atom stereocenters. The number of thioether (sulfide) groups is 1. The van der Waals surface area contributed by atoms with E-state index in [1.807, 2.05) is 24.3 Å². The van der Waals surface area contributed by atoms with Crippen molar-refractivity contribution >= 4 is 24.2 Å². The summed E-state index contributed by atoms with van der Waals surface area (Å²) in [5, 5.41) is 19.6. The lowest BCUT2D eigenvalue weighted by Crippen LogP contribution is -1.89. The first-order valence-corrected chi connectivity index (χ1v) is 7.44. The van der Waals surface area contributed by atoms with Crippen molar-refractivity contribution in [3.8, 4) is 11.5 Å². The molecular formula is C15H12N4O2S. The highest BCUT2D eigenvalue weighted by atomic mass is 32.2. The summed E-state index contributed by atoms with van der Waals surface area (Å²) >= 11 is 1.44. The van der Waals surface area contributed by atoms with Crippen molar-refractivity contribution in [2.45, 2.75) is 11.0 Å². The smallest absolute Gasteiger partial charge is 0.277 e. The molecule has 22 heavy (non-hydrogen) atoms. The molecule has 3 rings (SSSR count). The Kier molecular flexibility index (Phi) is 4.15. The summed E-state index contributed by atoms with van der Waals surface area (Å²) in [6, 6.07) is 10.8. The molecular weight excluding hydrogens is 300 g/mol. The van der Waals surface area contributed by atoms with Crippen molar-refractivity contribution in [3.05, 3.63) is 59.6 Å². The van der Waals surface area contributed by atoms with Crippen molar-refractivity contribution < 1.29 is 9.16 Å². The third-order valence-corrected chi connectivity index (χ3v) is 3.81. The van der Waals surface area contributed by atoms with E-state index in [9.17, 15) is 5.21 Å². The molecule has 0 amide bonds. The molecule has 0 saturated carbocycles. The van der Waals surface area contributed by atoms with Crippen molar-refractivity contribution in [2.24, 2.45) is 0 Å². The second kappa shape index (κ2) is 6.40. The molecule has 6 nitrogen and oxygen atoms in total. The van der Waals surface area contributed by atoms with Crippen LogP contribution in [0, 0.1) is 5.21 Å². The predicted molar refractivity (Wildman–Crippen MR) is 83.9 cm³/mol. The minimum atomic E-state index is 0.472. The Balaban J connectivity index is 1.65. The van der Waals surface area contributed by atoms with Crippen LogP contribution in [0.3, 0.4) is 0 Å². The van der Waals surface area contributed by atoms with E-state index >= 15 is 0 Å². The fourth-order valence-electron chi connectivity index (χ4n) is 1.78. The van der Waals surface area contributed by atoms with E-state index in [2.05, 4.69) is 21.9 Å². The third-order valence-electron chi connectivity index (χ3n) is 2.92. The highest BCUT2D eigenvalue weighted by Crippen LogP contribution is 2.25. The first-order valence-electron chi connectivity index (χ1n) is 6.46. The summed E-state index contributed by atoms with van der Waals surface area (Å²) < 4.78 is 6.18. The summed E-state index contributed by atoms with van der Waals surface area (Å²) in [6.45, 7) is 3.30. The van der Waals surface area contributed by atoms with E-state index in [1.165, 1.54) is 11.8 Å². The number of aromatic nitrogens is 3. The van der Waals surface area contributed by atoms with Crippen LogP contribution >= 0.6 is 11.8 Å². The Morgan fingerprint density at radius 1 is 1.09 bits per heavy atom. The van der Waals surface area contributed by atoms with Crippen LogP contribution in [-0.2, 0) is 5.75 Å². The van der Waals surface area contributed by atoms with E-state index < -0.39 is 0 Å². The monoisotopic (exact) mass is 312 g/mol. The molecule has 0 bridgehead atoms. The Morgan fingerprint density at radius 3 is 2.50 bits per heavy atom. The van der Waals surface area contributed by atoms with Crippen molar-refractivity contribution in [1.29, 1.82) is 0 Å². The molecule has 3 aromatic rings. The Bertz CT molecular complexity index is 772. The fraction of sp³-hybridized carbons (Fsp3) is 0.0667. The molecule has 0 radical (unpaired) electrons. The van der Waals surface area contributed by atoms with Gasteiger partial charge in [-0.2, -0.15) is 4.74 Å². The number of nitrogens with zero attached hydrogens (tertiary/aromatic N) is 4. The third kappa shape index (κ3) is 3.32. The number of rotatable bonds is 5. The molecule has 0 saturated heterocycles. The Morgan fingerprint density at radius 2 is 1.82 bits per heavy atom. The molecule has 2 aromatic heterocycles. The fourth-order valence-corrected chi connectivity index (χ4v) is 2.50. The van der Waals surface area contributed by atoms with Crippen LogP contribution < -0.4 is 0 Å². The van der Waals surface area contributed by atoms with Crippen LogP contribution in [0.15, 0.2) is 58.4 Å². The summed E-state index contributed by atoms with van der Waals surface area (Å²) in [5.74, 6) is 1.15. The molecule has 0 N–H and O–H groups in total. The summed E-state index contributed by atoms with van der Waals surface area (Å²) in [7, 11) is 0. The second-order valence-electron chi connectivity index (χ2n) is 4.44. The number of benzene rings is 1. The van der Waals surface area contributed by atoms with E-state index in [1.54, 1.807) is 24.5 Å². The molecule has 0 spiro atoms. The number of hydrogen-bond acceptors (Lipinski definition) is 6. The van der Waals surface area contributed by atoms with Gasteiger partial charge < -0.3 is 9.62 Å². The van der Waals surface area contributed by atoms with Crippen molar-refractivity contribution in [3.63, 3.8) is 0 Å². The average molecular weight is 312 g/mol. The van der Waals surface area contributed by atoms with E-state index in [-0.39, 0.29) is 0 Å². The van der Waals surface area contributed by atoms with Gasteiger partial charge in [0.2, 0.25) is 11.6 Å². The Hall–Kier alpha value is -2.67. The van der Waals surface area contributed by atoms with Crippen LogP contribution in [0.1, 0.15) is 5.56 Å². The van der Waals surface area contributed by atoms with Gasteiger partial charge in [-0.1, -0.05) is 23.9 Å². The maximum Gasteiger partial charge on any atom is 0.277 e. The minimum absolute atomic E-state index is 0.472. The van der Waals surface area contributed by atoms with Gasteiger partial charge in [-0.3, -0.25) is 4.98 Å².